The quantitative estimate of drug-likeness (QED) is 0.174. The first kappa shape index (κ1) is 29.5. The maximum Gasteiger partial charge on any atom is 0.164 e. The first-order valence-corrected chi connectivity index (χ1v) is 17.9. The topological polar surface area (TPSA) is 51.8 Å². The first-order valence-electron chi connectivity index (χ1n) is 17.9. The van der Waals surface area contributed by atoms with Crippen LogP contribution in [-0.4, -0.2) is 15.0 Å². The molecule has 0 bridgehead atoms. The molecule has 0 fully saturated rings. The molecule has 0 spiro atoms. The lowest BCUT2D eigenvalue weighted by Crippen LogP contribution is -2.01. The molecule has 0 aliphatic heterocycles. The van der Waals surface area contributed by atoms with Gasteiger partial charge in [-0.1, -0.05) is 152 Å². The van der Waals surface area contributed by atoms with Crippen molar-refractivity contribution in [1.82, 2.24) is 15.0 Å². The van der Waals surface area contributed by atoms with Crippen LogP contribution < -0.4 is 0 Å². The average Bonchev–Trinajstić information content (AvgIpc) is 3.61. The fraction of sp³-hybridized carbons (Fsp3) is 0. The Hall–Kier alpha value is -7.17. The Labute approximate surface area is 304 Å². The number of hydrogen-bond donors (Lipinski definition) is 0. The normalized spacial score (nSPS) is 11.8. The number of rotatable bonds is 4. The lowest BCUT2D eigenvalue weighted by Gasteiger charge is -2.13. The monoisotopic (exact) mass is 675 g/mol. The largest absolute Gasteiger partial charge is 0.456 e. The van der Waals surface area contributed by atoms with Crippen molar-refractivity contribution in [2.24, 2.45) is 0 Å². The van der Waals surface area contributed by atoms with Crippen LogP contribution in [0.15, 0.2) is 180 Å². The van der Waals surface area contributed by atoms with Gasteiger partial charge in [-0.3, -0.25) is 0 Å². The summed E-state index contributed by atoms with van der Waals surface area (Å²) in [5.41, 5.74) is 6.52. The van der Waals surface area contributed by atoms with Gasteiger partial charge >= 0.3 is 0 Å². The number of furan rings is 1. The van der Waals surface area contributed by atoms with Gasteiger partial charge in [0.25, 0.3) is 0 Å². The van der Waals surface area contributed by atoms with E-state index in [0.29, 0.717) is 17.5 Å². The van der Waals surface area contributed by atoms with E-state index in [2.05, 4.69) is 158 Å². The van der Waals surface area contributed by atoms with Crippen LogP contribution in [0.25, 0.3) is 110 Å². The van der Waals surface area contributed by atoms with Crippen molar-refractivity contribution in [3.8, 4) is 45.3 Å². The van der Waals surface area contributed by atoms with Crippen LogP contribution in [0.2, 0.25) is 0 Å². The summed E-state index contributed by atoms with van der Waals surface area (Å²) >= 11 is 0. The first-order chi connectivity index (χ1) is 26.2. The van der Waals surface area contributed by atoms with E-state index >= 15 is 0 Å². The maximum atomic E-state index is 6.51. The van der Waals surface area contributed by atoms with E-state index in [4.69, 9.17) is 19.4 Å². The molecule has 0 aliphatic carbocycles. The second-order valence-electron chi connectivity index (χ2n) is 13.6. The molecule has 0 amide bonds. The Kier molecular flexibility index (Phi) is 6.52. The lowest BCUT2D eigenvalue weighted by molar-refractivity contribution is 0.669. The van der Waals surface area contributed by atoms with Crippen LogP contribution in [0.3, 0.4) is 0 Å². The molecule has 11 rings (SSSR count). The molecule has 0 saturated heterocycles. The fourth-order valence-electron chi connectivity index (χ4n) is 7.95. The zero-order valence-corrected chi connectivity index (χ0v) is 28.5. The van der Waals surface area contributed by atoms with E-state index in [1.165, 1.54) is 26.9 Å². The van der Waals surface area contributed by atoms with Crippen LogP contribution >= 0.6 is 0 Å². The zero-order chi connectivity index (χ0) is 34.9. The molecule has 246 valence electrons. The number of aromatic nitrogens is 3. The molecule has 0 atom stereocenters. The molecule has 0 saturated carbocycles. The van der Waals surface area contributed by atoms with Crippen molar-refractivity contribution < 1.29 is 4.42 Å². The fourth-order valence-corrected chi connectivity index (χ4v) is 7.95. The molecule has 11 aromatic rings. The second-order valence-corrected chi connectivity index (χ2v) is 13.6. The van der Waals surface area contributed by atoms with E-state index < -0.39 is 0 Å². The van der Waals surface area contributed by atoms with Gasteiger partial charge in [-0.05, 0) is 78.5 Å². The predicted octanol–water partition coefficient (Wildman–Crippen LogP) is 13.1. The number of benzene rings is 9. The van der Waals surface area contributed by atoms with Gasteiger partial charge in [-0.2, -0.15) is 0 Å². The molecule has 0 unspecified atom stereocenters. The highest BCUT2D eigenvalue weighted by molar-refractivity contribution is 6.18. The minimum absolute atomic E-state index is 0.594. The Morgan fingerprint density at radius 3 is 1.74 bits per heavy atom. The van der Waals surface area contributed by atoms with E-state index in [-0.39, 0.29) is 0 Å². The summed E-state index contributed by atoms with van der Waals surface area (Å²) in [5, 5.41) is 11.5. The summed E-state index contributed by atoms with van der Waals surface area (Å²) in [7, 11) is 0. The molecule has 2 aromatic heterocycles. The second kappa shape index (κ2) is 11.7. The molecule has 0 N–H and O–H groups in total. The highest BCUT2D eigenvalue weighted by atomic mass is 16.3. The van der Waals surface area contributed by atoms with Gasteiger partial charge in [0.05, 0.1) is 0 Å². The molecule has 0 aliphatic rings. The molecule has 4 heteroatoms. The Bertz CT molecular complexity index is 3230. The van der Waals surface area contributed by atoms with Crippen molar-refractivity contribution in [1.29, 1.82) is 0 Å². The van der Waals surface area contributed by atoms with Gasteiger partial charge in [0.2, 0.25) is 0 Å². The summed E-state index contributed by atoms with van der Waals surface area (Å²) in [5.74, 6) is 1.83. The van der Waals surface area contributed by atoms with Crippen LogP contribution in [0.5, 0.6) is 0 Å². The molecule has 9 aromatic carbocycles. The minimum Gasteiger partial charge on any atom is -0.456 e. The third-order valence-corrected chi connectivity index (χ3v) is 10.5. The van der Waals surface area contributed by atoms with Crippen molar-refractivity contribution in [3.05, 3.63) is 176 Å². The lowest BCUT2D eigenvalue weighted by atomic mass is 9.96. The predicted molar refractivity (Wildman–Crippen MR) is 219 cm³/mol. The van der Waals surface area contributed by atoms with E-state index in [1.807, 2.05) is 18.2 Å². The summed E-state index contributed by atoms with van der Waals surface area (Å²) in [6.07, 6.45) is 0. The summed E-state index contributed by atoms with van der Waals surface area (Å²) < 4.78 is 6.51. The maximum absolute atomic E-state index is 6.51. The highest BCUT2D eigenvalue weighted by Gasteiger charge is 2.20. The standard InChI is InChI=1S/C49H29N3O/c1-2-11-30(12-3-1)35-28-43(46-41-18-8-9-20-44(41)53-45(46)29-35)49-51-47(50-48(52-49)40-19-10-15-31-13-4-7-17-37(31)40)34-22-21-33-24-25-38-36-16-6-5-14-32(36)23-26-39(38)42(33)27-34/h1-29H. The molecule has 2 heterocycles. The smallest absolute Gasteiger partial charge is 0.164 e. The molecule has 0 radical (unpaired) electrons. The van der Waals surface area contributed by atoms with Gasteiger partial charge in [-0.25, -0.2) is 15.0 Å². The molecular weight excluding hydrogens is 647 g/mol. The number of fused-ring (bicyclic) bond motifs is 9. The van der Waals surface area contributed by atoms with Gasteiger partial charge in [-0.15, -0.1) is 0 Å². The number of para-hydroxylation sites is 1. The highest BCUT2D eigenvalue weighted by Crippen LogP contribution is 2.41. The minimum atomic E-state index is 0.594. The number of nitrogens with zero attached hydrogens (tertiary/aromatic N) is 3. The molecule has 4 nitrogen and oxygen atoms in total. The Balaban J connectivity index is 1.21. The molecular formula is C49H29N3O. The Morgan fingerprint density at radius 2 is 0.906 bits per heavy atom. The SMILES string of the molecule is c1ccc(-c2cc(-c3nc(-c4ccc5ccc6c7ccccc7ccc6c5c4)nc(-c4cccc5ccccc45)n3)c3c(c2)oc2ccccc23)cc1. The van der Waals surface area contributed by atoms with Crippen molar-refractivity contribution in [2.75, 3.05) is 0 Å². The summed E-state index contributed by atoms with van der Waals surface area (Å²) in [4.78, 5) is 15.9. The number of hydrogen-bond acceptors (Lipinski definition) is 4. The van der Waals surface area contributed by atoms with Gasteiger partial charge in [0, 0.05) is 27.5 Å². The van der Waals surface area contributed by atoms with Crippen molar-refractivity contribution in [3.63, 3.8) is 0 Å². The van der Waals surface area contributed by atoms with Crippen LogP contribution in [0.1, 0.15) is 0 Å². The van der Waals surface area contributed by atoms with Gasteiger partial charge in [0.15, 0.2) is 17.5 Å². The Morgan fingerprint density at radius 1 is 0.302 bits per heavy atom. The third-order valence-electron chi connectivity index (χ3n) is 10.5. The van der Waals surface area contributed by atoms with Crippen LogP contribution in [0, 0.1) is 0 Å². The van der Waals surface area contributed by atoms with E-state index in [1.54, 1.807) is 0 Å². The van der Waals surface area contributed by atoms with Crippen LogP contribution in [0.4, 0.5) is 0 Å². The van der Waals surface area contributed by atoms with Gasteiger partial charge < -0.3 is 4.42 Å². The van der Waals surface area contributed by atoms with E-state index in [0.717, 1.165) is 65.9 Å². The third kappa shape index (κ3) is 4.80. The van der Waals surface area contributed by atoms with Crippen molar-refractivity contribution >= 4 is 65.0 Å². The molecule has 53 heavy (non-hydrogen) atoms. The van der Waals surface area contributed by atoms with Gasteiger partial charge in [0.1, 0.15) is 11.2 Å². The zero-order valence-electron chi connectivity index (χ0n) is 28.5. The summed E-state index contributed by atoms with van der Waals surface area (Å²) in [6, 6.07) is 61.6. The average molecular weight is 676 g/mol. The van der Waals surface area contributed by atoms with E-state index in [9.17, 15) is 0 Å². The summed E-state index contributed by atoms with van der Waals surface area (Å²) in [6.45, 7) is 0. The van der Waals surface area contributed by atoms with Crippen molar-refractivity contribution in [2.45, 2.75) is 0 Å². The van der Waals surface area contributed by atoms with Crippen LogP contribution in [-0.2, 0) is 0 Å².